The Hall–Kier alpha value is -1.84. The van der Waals surface area contributed by atoms with Crippen molar-refractivity contribution in [1.82, 2.24) is 0 Å². The van der Waals surface area contributed by atoms with Gasteiger partial charge in [0, 0.05) is 0 Å². The fourth-order valence-electron chi connectivity index (χ4n) is 1.45. The monoisotopic (exact) mass is 220 g/mol. The van der Waals surface area contributed by atoms with E-state index in [0.717, 1.165) is 5.56 Å². The number of carbonyl (C=O) groups excluding carboxylic acids is 2. The Kier molecular flexibility index (Phi) is 2.90. The molecule has 0 amide bonds. The number of cyclic esters (lactones) is 1. The number of hydrogen-bond acceptors (Lipinski definition) is 4. The fourth-order valence-corrected chi connectivity index (χ4v) is 1.45. The van der Waals surface area contributed by atoms with Crippen LogP contribution in [-0.2, 0) is 25.7 Å². The van der Waals surface area contributed by atoms with Gasteiger partial charge in [-0.3, -0.25) is 4.79 Å². The first-order chi connectivity index (χ1) is 7.68. The van der Waals surface area contributed by atoms with Gasteiger partial charge < -0.3 is 9.47 Å². The van der Waals surface area contributed by atoms with Gasteiger partial charge in [-0.1, -0.05) is 30.3 Å². The third kappa shape index (κ3) is 2.05. The highest BCUT2D eigenvalue weighted by Gasteiger charge is 2.45. The van der Waals surface area contributed by atoms with E-state index in [2.05, 4.69) is 4.74 Å². The maximum atomic E-state index is 11.5. The van der Waals surface area contributed by atoms with Crippen LogP contribution in [0.15, 0.2) is 30.3 Å². The zero-order valence-corrected chi connectivity index (χ0v) is 8.88. The van der Waals surface area contributed by atoms with E-state index in [1.54, 1.807) is 6.92 Å². The molecule has 2 atom stereocenters. The predicted molar refractivity (Wildman–Crippen MR) is 55.3 cm³/mol. The lowest BCUT2D eigenvalue weighted by Crippen LogP contribution is -2.49. The van der Waals surface area contributed by atoms with E-state index in [9.17, 15) is 9.59 Å². The number of hydrogen-bond donors (Lipinski definition) is 0. The van der Waals surface area contributed by atoms with Gasteiger partial charge >= 0.3 is 11.9 Å². The summed E-state index contributed by atoms with van der Waals surface area (Å²) in [6.07, 6.45) is -0.726. The average Bonchev–Trinajstić information content (AvgIpc) is 2.33. The number of esters is 2. The molecule has 0 spiro atoms. The van der Waals surface area contributed by atoms with Crippen LogP contribution >= 0.6 is 0 Å². The topological polar surface area (TPSA) is 52.6 Å². The van der Waals surface area contributed by atoms with E-state index in [0.29, 0.717) is 0 Å². The van der Waals surface area contributed by atoms with E-state index in [1.165, 1.54) is 0 Å². The number of rotatable bonds is 3. The van der Waals surface area contributed by atoms with Crippen LogP contribution in [0.2, 0.25) is 0 Å². The molecule has 0 aliphatic carbocycles. The molecule has 0 radical (unpaired) electrons. The number of ether oxygens (including phenoxy) is 2. The van der Waals surface area contributed by atoms with Gasteiger partial charge in [-0.05, 0) is 12.5 Å². The Bertz CT molecular complexity index is 399. The quantitative estimate of drug-likeness (QED) is 0.720. The van der Waals surface area contributed by atoms with E-state index in [1.807, 2.05) is 30.3 Å². The van der Waals surface area contributed by atoms with E-state index >= 15 is 0 Å². The normalized spacial score (nSPS) is 23.2. The fraction of sp³-hybridized carbons (Fsp3) is 0.333. The van der Waals surface area contributed by atoms with Crippen molar-refractivity contribution >= 4 is 11.9 Å². The van der Waals surface area contributed by atoms with Gasteiger partial charge in [0.15, 0.2) is 0 Å². The van der Waals surface area contributed by atoms with Crippen LogP contribution in [0, 0.1) is 5.92 Å². The minimum Gasteiger partial charge on any atom is -0.458 e. The maximum absolute atomic E-state index is 11.5. The van der Waals surface area contributed by atoms with Crippen molar-refractivity contribution in [1.29, 1.82) is 0 Å². The Morgan fingerprint density at radius 2 is 2.06 bits per heavy atom. The molecule has 16 heavy (non-hydrogen) atoms. The Morgan fingerprint density at radius 3 is 2.62 bits per heavy atom. The SMILES string of the molecule is CC1C(=O)O[C@@H]1C(=O)OCc1ccccc1. The summed E-state index contributed by atoms with van der Waals surface area (Å²) in [6, 6.07) is 9.36. The Labute approximate surface area is 93.2 Å². The summed E-state index contributed by atoms with van der Waals surface area (Å²) in [4.78, 5) is 22.2. The molecule has 1 heterocycles. The third-order valence-corrected chi connectivity index (χ3v) is 2.53. The largest absolute Gasteiger partial charge is 0.458 e. The van der Waals surface area contributed by atoms with Crippen molar-refractivity contribution in [2.75, 3.05) is 0 Å². The van der Waals surface area contributed by atoms with Crippen molar-refractivity contribution in [2.24, 2.45) is 5.92 Å². The predicted octanol–water partition coefficient (Wildman–Crippen LogP) is 1.29. The molecular formula is C12H12O4. The summed E-state index contributed by atoms with van der Waals surface area (Å²) in [6.45, 7) is 1.86. The summed E-state index contributed by atoms with van der Waals surface area (Å²) in [5.74, 6) is -1.21. The molecule has 1 saturated heterocycles. The molecule has 84 valence electrons. The third-order valence-electron chi connectivity index (χ3n) is 2.53. The van der Waals surface area contributed by atoms with Crippen LogP contribution < -0.4 is 0 Å². The molecule has 4 heteroatoms. The van der Waals surface area contributed by atoms with Crippen molar-refractivity contribution in [2.45, 2.75) is 19.6 Å². The smallest absolute Gasteiger partial charge is 0.348 e. The summed E-state index contributed by atoms with van der Waals surface area (Å²) >= 11 is 0. The molecule has 1 fully saturated rings. The van der Waals surface area contributed by atoms with Crippen molar-refractivity contribution in [3.63, 3.8) is 0 Å². The summed E-state index contributed by atoms with van der Waals surface area (Å²) in [7, 11) is 0. The van der Waals surface area contributed by atoms with Crippen LogP contribution in [0.3, 0.4) is 0 Å². The van der Waals surface area contributed by atoms with Gasteiger partial charge in [0.25, 0.3) is 0 Å². The van der Waals surface area contributed by atoms with Gasteiger partial charge in [-0.25, -0.2) is 4.79 Å². The Morgan fingerprint density at radius 1 is 1.38 bits per heavy atom. The van der Waals surface area contributed by atoms with Crippen LogP contribution in [-0.4, -0.2) is 18.0 Å². The second kappa shape index (κ2) is 4.35. The Balaban J connectivity index is 1.83. The molecule has 1 aliphatic rings. The van der Waals surface area contributed by atoms with Gasteiger partial charge in [0.2, 0.25) is 6.10 Å². The highest BCUT2D eigenvalue weighted by molar-refractivity contribution is 5.91. The zero-order valence-electron chi connectivity index (χ0n) is 8.88. The summed E-state index contributed by atoms with van der Waals surface area (Å²) in [5.41, 5.74) is 0.911. The first-order valence-electron chi connectivity index (χ1n) is 5.09. The van der Waals surface area contributed by atoms with Crippen molar-refractivity contribution < 1.29 is 19.1 Å². The minimum atomic E-state index is -0.726. The van der Waals surface area contributed by atoms with Gasteiger partial charge in [-0.2, -0.15) is 0 Å². The van der Waals surface area contributed by atoms with Crippen LogP contribution in [0.1, 0.15) is 12.5 Å². The second-order valence-corrected chi connectivity index (χ2v) is 3.74. The van der Waals surface area contributed by atoms with E-state index in [4.69, 9.17) is 4.74 Å². The van der Waals surface area contributed by atoms with E-state index in [-0.39, 0.29) is 18.5 Å². The first kappa shape index (κ1) is 10.7. The first-order valence-corrected chi connectivity index (χ1v) is 5.09. The molecule has 1 aromatic carbocycles. The molecule has 0 bridgehead atoms. The lowest BCUT2D eigenvalue weighted by molar-refractivity contribution is -0.197. The standard InChI is InChI=1S/C12H12O4/c1-8-10(16-11(8)13)12(14)15-7-9-5-3-2-4-6-9/h2-6,8,10H,7H2,1H3/t8?,10-/m0/s1. The molecule has 1 aromatic rings. The molecule has 1 aliphatic heterocycles. The highest BCUT2D eigenvalue weighted by Crippen LogP contribution is 2.22. The summed E-state index contributed by atoms with van der Waals surface area (Å²) in [5, 5.41) is 0. The summed E-state index contributed by atoms with van der Waals surface area (Å²) < 4.78 is 9.72. The average molecular weight is 220 g/mol. The molecule has 0 N–H and O–H groups in total. The van der Waals surface area contributed by atoms with Crippen molar-refractivity contribution in [3.8, 4) is 0 Å². The van der Waals surface area contributed by atoms with Gasteiger partial charge in [0.05, 0.1) is 0 Å². The lowest BCUT2D eigenvalue weighted by Gasteiger charge is -2.30. The highest BCUT2D eigenvalue weighted by atomic mass is 16.6. The molecule has 4 nitrogen and oxygen atoms in total. The van der Waals surface area contributed by atoms with Crippen molar-refractivity contribution in [3.05, 3.63) is 35.9 Å². The molecular weight excluding hydrogens is 208 g/mol. The van der Waals surface area contributed by atoms with Crippen LogP contribution in [0.4, 0.5) is 0 Å². The van der Waals surface area contributed by atoms with Gasteiger partial charge in [-0.15, -0.1) is 0 Å². The van der Waals surface area contributed by atoms with Crippen LogP contribution in [0.5, 0.6) is 0 Å². The molecule has 0 aromatic heterocycles. The lowest BCUT2D eigenvalue weighted by atomic mass is 10.00. The maximum Gasteiger partial charge on any atom is 0.348 e. The van der Waals surface area contributed by atoms with E-state index < -0.39 is 12.1 Å². The minimum absolute atomic E-state index is 0.209. The van der Waals surface area contributed by atoms with Gasteiger partial charge in [0.1, 0.15) is 12.5 Å². The second-order valence-electron chi connectivity index (χ2n) is 3.74. The van der Waals surface area contributed by atoms with Crippen LogP contribution in [0.25, 0.3) is 0 Å². The number of carbonyl (C=O) groups is 2. The zero-order chi connectivity index (χ0) is 11.5. The molecule has 2 rings (SSSR count). The molecule has 0 saturated carbocycles. The number of benzene rings is 1. The molecule has 1 unspecified atom stereocenters.